The molecule has 0 bridgehead atoms. The maximum Gasteiger partial charge on any atom is 0.196 e. The van der Waals surface area contributed by atoms with Gasteiger partial charge >= 0.3 is 0 Å². The lowest BCUT2D eigenvalue weighted by atomic mass is 10.1. The van der Waals surface area contributed by atoms with Crippen LogP contribution in [0.25, 0.3) is 31.1 Å². The van der Waals surface area contributed by atoms with Crippen molar-refractivity contribution >= 4 is 48.2 Å². The molecule has 4 aromatic rings. The number of hydrogen-bond acceptors (Lipinski definition) is 5. The number of nitrogens with one attached hydrogen (secondary N) is 1. The number of hydrogen-bond donors (Lipinski definition) is 1. The van der Waals surface area contributed by atoms with E-state index in [0.717, 1.165) is 45.6 Å². The maximum atomic E-state index is 13.7. The van der Waals surface area contributed by atoms with Gasteiger partial charge in [0.15, 0.2) is 5.43 Å². The van der Waals surface area contributed by atoms with Crippen LogP contribution in [0, 0.1) is 5.82 Å². The molecule has 0 spiro atoms. The summed E-state index contributed by atoms with van der Waals surface area (Å²) in [6, 6.07) is 12.0. The molecule has 2 aromatic heterocycles. The fourth-order valence-corrected chi connectivity index (χ4v) is 4.39. The molecule has 138 valence electrons. The summed E-state index contributed by atoms with van der Waals surface area (Å²) >= 11 is 1.48. The largest absolute Gasteiger partial charge is 0.369 e. The maximum absolute atomic E-state index is 13.7. The molecule has 2 heterocycles. The molecule has 2 aromatic carbocycles. The molecule has 27 heavy (non-hydrogen) atoms. The number of rotatable bonds is 5. The predicted octanol–water partition coefficient (Wildman–Crippen LogP) is 4.47. The highest BCUT2D eigenvalue weighted by molar-refractivity contribution is 7.25. The Labute approximate surface area is 160 Å². The Hall–Kier alpha value is -2.57. The fourth-order valence-electron chi connectivity index (χ4n) is 3.25. The average molecular weight is 381 g/mol. The molecule has 0 saturated carbocycles. The molecule has 0 unspecified atom stereocenters. The molecule has 0 fully saturated rings. The van der Waals surface area contributed by atoms with E-state index < -0.39 is 5.82 Å². The van der Waals surface area contributed by atoms with Crippen LogP contribution in [-0.2, 0) is 0 Å². The van der Waals surface area contributed by atoms with E-state index in [1.54, 1.807) is 6.07 Å². The van der Waals surface area contributed by atoms with E-state index in [2.05, 4.69) is 10.2 Å². The molecular formula is C21H20FN3OS. The van der Waals surface area contributed by atoms with Crippen molar-refractivity contribution in [2.45, 2.75) is 6.42 Å². The molecule has 4 rings (SSSR count). The van der Waals surface area contributed by atoms with Crippen molar-refractivity contribution in [3.8, 4) is 0 Å². The predicted molar refractivity (Wildman–Crippen MR) is 113 cm³/mol. The van der Waals surface area contributed by atoms with Crippen LogP contribution >= 0.6 is 11.3 Å². The van der Waals surface area contributed by atoms with Crippen LogP contribution in [0.15, 0.2) is 47.3 Å². The second kappa shape index (κ2) is 7.21. The van der Waals surface area contributed by atoms with Gasteiger partial charge in [-0.15, -0.1) is 11.3 Å². The van der Waals surface area contributed by atoms with Crippen LogP contribution < -0.4 is 10.7 Å². The minimum Gasteiger partial charge on any atom is -0.369 e. The van der Waals surface area contributed by atoms with Crippen molar-refractivity contribution < 1.29 is 4.39 Å². The van der Waals surface area contributed by atoms with E-state index in [1.807, 2.05) is 38.4 Å². The van der Waals surface area contributed by atoms with Crippen LogP contribution in [0.1, 0.15) is 6.42 Å². The highest BCUT2D eigenvalue weighted by atomic mass is 32.1. The van der Waals surface area contributed by atoms with Crippen LogP contribution in [0.4, 0.5) is 10.2 Å². The van der Waals surface area contributed by atoms with E-state index in [4.69, 9.17) is 4.98 Å². The Kier molecular flexibility index (Phi) is 4.76. The van der Waals surface area contributed by atoms with E-state index >= 15 is 0 Å². The standard InChI is InChI=1S/C21H20FN3OS/c1-25(2)11-5-10-23-21-20-18(14-6-3-4-7-16(14)24-21)19(26)15-12-13(22)8-9-17(15)27-20/h3-4,6-9,12H,5,10-11H2,1-2H3,(H,23,24). The summed E-state index contributed by atoms with van der Waals surface area (Å²) in [4.78, 5) is 20.1. The second-order valence-electron chi connectivity index (χ2n) is 6.84. The first-order valence-corrected chi connectivity index (χ1v) is 9.69. The van der Waals surface area contributed by atoms with Crippen LogP contribution in [-0.4, -0.2) is 37.1 Å². The lowest BCUT2D eigenvalue weighted by Gasteiger charge is -2.13. The molecular weight excluding hydrogens is 361 g/mol. The summed E-state index contributed by atoms with van der Waals surface area (Å²) in [5, 5.41) is 5.23. The molecule has 0 aliphatic carbocycles. The van der Waals surface area contributed by atoms with Gasteiger partial charge in [0.1, 0.15) is 11.6 Å². The molecule has 0 amide bonds. The van der Waals surface area contributed by atoms with E-state index in [-0.39, 0.29) is 5.43 Å². The van der Waals surface area contributed by atoms with Crippen LogP contribution in [0.2, 0.25) is 0 Å². The van der Waals surface area contributed by atoms with Crippen molar-refractivity contribution in [2.75, 3.05) is 32.5 Å². The molecule has 1 N–H and O–H groups in total. The normalized spacial score (nSPS) is 11.7. The molecule has 0 aliphatic rings. The van der Waals surface area contributed by atoms with Crippen molar-refractivity contribution in [3.05, 3.63) is 58.5 Å². The van der Waals surface area contributed by atoms with Crippen molar-refractivity contribution in [2.24, 2.45) is 0 Å². The number of nitrogens with zero attached hydrogens (tertiary/aromatic N) is 2. The van der Waals surface area contributed by atoms with Gasteiger partial charge in [-0.05, 0) is 51.3 Å². The fraction of sp³-hybridized carbons (Fsp3) is 0.238. The van der Waals surface area contributed by atoms with Gasteiger partial charge in [-0.2, -0.15) is 0 Å². The molecule has 0 saturated heterocycles. The highest BCUT2D eigenvalue weighted by Gasteiger charge is 2.15. The summed E-state index contributed by atoms with van der Waals surface area (Å²) in [5.41, 5.74) is 0.619. The summed E-state index contributed by atoms with van der Waals surface area (Å²) in [7, 11) is 4.08. The third-order valence-electron chi connectivity index (χ3n) is 4.55. The number of pyridine rings is 1. The summed E-state index contributed by atoms with van der Waals surface area (Å²) in [6.07, 6.45) is 0.969. The topological polar surface area (TPSA) is 45.2 Å². The summed E-state index contributed by atoms with van der Waals surface area (Å²) < 4.78 is 15.3. The Morgan fingerprint density at radius 1 is 1.15 bits per heavy atom. The Morgan fingerprint density at radius 2 is 1.96 bits per heavy atom. The van der Waals surface area contributed by atoms with E-state index in [1.165, 1.54) is 23.5 Å². The second-order valence-corrected chi connectivity index (χ2v) is 7.89. The van der Waals surface area contributed by atoms with Gasteiger partial charge in [0.2, 0.25) is 0 Å². The summed E-state index contributed by atoms with van der Waals surface area (Å²) in [5.74, 6) is 0.322. The van der Waals surface area contributed by atoms with Gasteiger partial charge in [0.25, 0.3) is 0 Å². The van der Waals surface area contributed by atoms with E-state index in [9.17, 15) is 9.18 Å². The van der Waals surface area contributed by atoms with E-state index in [0.29, 0.717) is 10.8 Å². The first kappa shape index (κ1) is 17.8. The molecule has 6 heteroatoms. The zero-order valence-electron chi connectivity index (χ0n) is 15.3. The minimum absolute atomic E-state index is 0.145. The quantitative estimate of drug-likeness (QED) is 0.315. The van der Waals surface area contributed by atoms with Crippen molar-refractivity contribution in [1.82, 2.24) is 9.88 Å². The van der Waals surface area contributed by atoms with Crippen molar-refractivity contribution in [3.63, 3.8) is 0 Å². The van der Waals surface area contributed by atoms with Crippen molar-refractivity contribution in [1.29, 1.82) is 0 Å². The number of anilines is 1. The lowest BCUT2D eigenvalue weighted by Crippen LogP contribution is -2.17. The number of aromatic nitrogens is 1. The first-order chi connectivity index (χ1) is 13.0. The third kappa shape index (κ3) is 3.38. The first-order valence-electron chi connectivity index (χ1n) is 8.88. The minimum atomic E-state index is -0.397. The zero-order chi connectivity index (χ0) is 19.0. The van der Waals surface area contributed by atoms with Gasteiger partial charge in [-0.3, -0.25) is 4.79 Å². The van der Waals surface area contributed by atoms with Gasteiger partial charge in [-0.25, -0.2) is 9.37 Å². The Balaban J connectivity index is 1.95. The van der Waals surface area contributed by atoms with Crippen LogP contribution in [0.5, 0.6) is 0 Å². The highest BCUT2D eigenvalue weighted by Crippen LogP contribution is 2.34. The van der Waals surface area contributed by atoms with Gasteiger partial charge in [0, 0.05) is 22.0 Å². The van der Waals surface area contributed by atoms with Gasteiger partial charge in [0.05, 0.1) is 15.6 Å². The number of fused-ring (bicyclic) bond motifs is 4. The SMILES string of the molecule is CN(C)CCCNc1nc2ccccc2c2c(=O)c3cc(F)ccc3sc12. The Bertz CT molecular complexity index is 1200. The molecule has 0 atom stereocenters. The van der Waals surface area contributed by atoms with Gasteiger partial charge in [-0.1, -0.05) is 18.2 Å². The smallest absolute Gasteiger partial charge is 0.196 e. The zero-order valence-corrected chi connectivity index (χ0v) is 16.1. The third-order valence-corrected chi connectivity index (χ3v) is 5.73. The number of halogens is 1. The monoisotopic (exact) mass is 381 g/mol. The molecule has 4 nitrogen and oxygen atoms in total. The van der Waals surface area contributed by atoms with Gasteiger partial charge < -0.3 is 10.2 Å². The number of benzene rings is 2. The summed E-state index contributed by atoms with van der Waals surface area (Å²) in [6.45, 7) is 1.73. The van der Waals surface area contributed by atoms with Crippen LogP contribution in [0.3, 0.4) is 0 Å². The Morgan fingerprint density at radius 3 is 2.78 bits per heavy atom. The molecule has 0 radical (unpaired) electrons. The molecule has 0 aliphatic heterocycles. The average Bonchev–Trinajstić information content (AvgIpc) is 2.65. The number of para-hydroxylation sites is 1. The lowest BCUT2D eigenvalue weighted by molar-refractivity contribution is 0.405.